The zero-order valence-corrected chi connectivity index (χ0v) is 11.1. The van der Waals surface area contributed by atoms with Gasteiger partial charge in [-0.1, -0.05) is 0 Å². The van der Waals surface area contributed by atoms with Gasteiger partial charge in [0.15, 0.2) is 0 Å². The third kappa shape index (κ3) is 1.70. The molecule has 0 aliphatic heterocycles. The molecule has 4 heteroatoms. The van der Waals surface area contributed by atoms with E-state index < -0.39 is 0 Å². The number of hydrogen-bond acceptors (Lipinski definition) is 3. The summed E-state index contributed by atoms with van der Waals surface area (Å²) in [6.45, 7) is 0.648. The topological polar surface area (TPSA) is 44.5 Å². The zero-order chi connectivity index (χ0) is 11.8. The summed E-state index contributed by atoms with van der Waals surface area (Å²) in [5.74, 6) is 1.71. The molecule has 1 aromatic carbocycles. The molecule has 1 saturated carbocycles. The van der Waals surface area contributed by atoms with Crippen LogP contribution < -0.4 is 15.2 Å². The lowest BCUT2D eigenvalue weighted by Crippen LogP contribution is -2.21. The van der Waals surface area contributed by atoms with Gasteiger partial charge < -0.3 is 15.2 Å². The van der Waals surface area contributed by atoms with Crippen molar-refractivity contribution >= 4 is 15.9 Å². The molecule has 2 rings (SSSR count). The second-order valence-corrected chi connectivity index (χ2v) is 4.94. The van der Waals surface area contributed by atoms with E-state index in [0.29, 0.717) is 6.54 Å². The first kappa shape index (κ1) is 11.7. The molecule has 1 aliphatic carbocycles. The highest BCUT2D eigenvalue weighted by molar-refractivity contribution is 9.10. The maximum Gasteiger partial charge on any atom is 0.133 e. The Morgan fingerprint density at radius 1 is 1.25 bits per heavy atom. The summed E-state index contributed by atoms with van der Waals surface area (Å²) in [6.07, 6.45) is 2.23. The minimum Gasteiger partial charge on any atom is -0.496 e. The molecule has 0 unspecified atom stereocenters. The highest BCUT2D eigenvalue weighted by Crippen LogP contribution is 2.54. The zero-order valence-electron chi connectivity index (χ0n) is 9.55. The van der Waals surface area contributed by atoms with Crippen molar-refractivity contribution in [1.29, 1.82) is 0 Å². The SMILES string of the molecule is COc1ccc(OC)c(C2(CN)CC2)c1Br. The molecule has 0 saturated heterocycles. The van der Waals surface area contributed by atoms with Gasteiger partial charge in [-0.2, -0.15) is 0 Å². The quantitative estimate of drug-likeness (QED) is 0.924. The second kappa shape index (κ2) is 4.26. The number of nitrogens with two attached hydrogens (primary N) is 1. The molecular formula is C12H16BrNO2. The normalized spacial score (nSPS) is 17.0. The molecule has 0 aromatic heterocycles. The molecule has 1 fully saturated rings. The molecule has 88 valence electrons. The molecule has 0 heterocycles. The van der Waals surface area contributed by atoms with Gasteiger partial charge in [-0.15, -0.1) is 0 Å². The van der Waals surface area contributed by atoms with Crippen molar-refractivity contribution in [3.8, 4) is 11.5 Å². The monoisotopic (exact) mass is 285 g/mol. The van der Waals surface area contributed by atoms with Crippen molar-refractivity contribution in [2.45, 2.75) is 18.3 Å². The van der Waals surface area contributed by atoms with Gasteiger partial charge in [0.25, 0.3) is 0 Å². The predicted octanol–water partition coefficient (Wildman–Crippen LogP) is 2.46. The smallest absolute Gasteiger partial charge is 0.133 e. The van der Waals surface area contributed by atoms with Gasteiger partial charge in [0, 0.05) is 17.5 Å². The molecular weight excluding hydrogens is 270 g/mol. The molecule has 0 atom stereocenters. The molecule has 2 N–H and O–H groups in total. The van der Waals surface area contributed by atoms with E-state index in [4.69, 9.17) is 15.2 Å². The predicted molar refractivity (Wildman–Crippen MR) is 67.2 cm³/mol. The van der Waals surface area contributed by atoms with E-state index in [9.17, 15) is 0 Å². The average Bonchev–Trinajstić information content (AvgIpc) is 3.09. The molecule has 0 amide bonds. The van der Waals surface area contributed by atoms with E-state index in [1.54, 1.807) is 14.2 Å². The Morgan fingerprint density at radius 2 is 1.81 bits per heavy atom. The van der Waals surface area contributed by atoms with Crippen molar-refractivity contribution in [3.63, 3.8) is 0 Å². The molecule has 1 aliphatic rings. The summed E-state index contributed by atoms with van der Waals surface area (Å²) in [6, 6.07) is 3.84. The Morgan fingerprint density at radius 3 is 2.25 bits per heavy atom. The first-order valence-corrected chi connectivity index (χ1v) is 6.09. The first-order chi connectivity index (χ1) is 7.68. The van der Waals surface area contributed by atoms with Crippen LogP contribution in [0.2, 0.25) is 0 Å². The van der Waals surface area contributed by atoms with E-state index in [-0.39, 0.29) is 5.41 Å². The summed E-state index contributed by atoms with van der Waals surface area (Å²) in [7, 11) is 3.35. The van der Waals surface area contributed by atoms with Gasteiger partial charge >= 0.3 is 0 Å². The number of methoxy groups -OCH3 is 2. The van der Waals surface area contributed by atoms with Gasteiger partial charge in [-0.05, 0) is 40.9 Å². The van der Waals surface area contributed by atoms with Crippen LogP contribution in [0.5, 0.6) is 11.5 Å². The van der Waals surface area contributed by atoms with Crippen LogP contribution in [0.3, 0.4) is 0 Å². The average molecular weight is 286 g/mol. The van der Waals surface area contributed by atoms with Crippen LogP contribution in [-0.2, 0) is 5.41 Å². The lowest BCUT2D eigenvalue weighted by molar-refractivity contribution is 0.391. The van der Waals surface area contributed by atoms with Crippen LogP contribution in [0.4, 0.5) is 0 Å². The fraction of sp³-hybridized carbons (Fsp3) is 0.500. The van der Waals surface area contributed by atoms with Gasteiger partial charge in [-0.3, -0.25) is 0 Å². The number of halogens is 1. The van der Waals surface area contributed by atoms with Gasteiger partial charge in [0.05, 0.1) is 18.7 Å². The standard InChI is InChI=1S/C12H16BrNO2/c1-15-8-3-4-9(16-2)11(13)10(8)12(7-14)5-6-12/h3-4H,5-7,14H2,1-2H3. The lowest BCUT2D eigenvalue weighted by atomic mass is 9.95. The fourth-order valence-electron chi connectivity index (χ4n) is 2.07. The first-order valence-electron chi connectivity index (χ1n) is 5.29. The van der Waals surface area contributed by atoms with Gasteiger partial charge in [0.2, 0.25) is 0 Å². The van der Waals surface area contributed by atoms with Gasteiger partial charge in [0.1, 0.15) is 11.5 Å². The number of benzene rings is 1. The van der Waals surface area contributed by atoms with E-state index in [0.717, 1.165) is 34.4 Å². The molecule has 0 spiro atoms. The summed E-state index contributed by atoms with van der Waals surface area (Å²) in [5, 5.41) is 0. The Hall–Kier alpha value is -0.740. The minimum atomic E-state index is 0.0821. The van der Waals surface area contributed by atoms with Crippen LogP contribution in [0.15, 0.2) is 16.6 Å². The highest BCUT2D eigenvalue weighted by Gasteiger charge is 2.46. The number of rotatable bonds is 4. The van der Waals surface area contributed by atoms with Crippen molar-refractivity contribution in [2.24, 2.45) is 5.73 Å². The van der Waals surface area contributed by atoms with Crippen molar-refractivity contribution in [2.75, 3.05) is 20.8 Å². The van der Waals surface area contributed by atoms with Crippen LogP contribution in [0.25, 0.3) is 0 Å². The number of ether oxygens (including phenoxy) is 2. The molecule has 0 bridgehead atoms. The number of hydrogen-bond donors (Lipinski definition) is 1. The Bertz CT molecular complexity index is 402. The largest absolute Gasteiger partial charge is 0.496 e. The summed E-state index contributed by atoms with van der Waals surface area (Å²) < 4.78 is 11.7. The second-order valence-electron chi connectivity index (χ2n) is 4.14. The van der Waals surface area contributed by atoms with E-state index in [2.05, 4.69) is 15.9 Å². The third-order valence-electron chi connectivity index (χ3n) is 3.28. The molecule has 1 aromatic rings. The van der Waals surface area contributed by atoms with Gasteiger partial charge in [-0.25, -0.2) is 0 Å². The summed E-state index contributed by atoms with van der Waals surface area (Å²) in [5.41, 5.74) is 7.10. The fourth-order valence-corrected chi connectivity index (χ4v) is 2.98. The maximum absolute atomic E-state index is 5.87. The van der Waals surface area contributed by atoms with Crippen LogP contribution in [0.1, 0.15) is 18.4 Å². The van der Waals surface area contributed by atoms with Crippen molar-refractivity contribution in [1.82, 2.24) is 0 Å². The van der Waals surface area contributed by atoms with E-state index in [1.165, 1.54) is 0 Å². The minimum absolute atomic E-state index is 0.0821. The Labute approximate surface area is 104 Å². The molecule has 0 radical (unpaired) electrons. The summed E-state index contributed by atoms with van der Waals surface area (Å²) >= 11 is 3.59. The molecule has 16 heavy (non-hydrogen) atoms. The van der Waals surface area contributed by atoms with Crippen LogP contribution >= 0.6 is 15.9 Å². The molecule has 3 nitrogen and oxygen atoms in total. The van der Waals surface area contributed by atoms with Crippen molar-refractivity contribution < 1.29 is 9.47 Å². The maximum atomic E-state index is 5.87. The van der Waals surface area contributed by atoms with E-state index in [1.807, 2.05) is 12.1 Å². The Kier molecular flexibility index (Phi) is 3.13. The summed E-state index contributed by atoms with van der Waals surface area (Å²) in [4.78, 5) is 0. The van der Waals surface area contributed by atoms with E-state index >= 15 is 0 Å². The highest BCUT2D eigenvalue weighted by atomic mass is 79.9. The van der Waals surface area contributed by atoms with Crippen LogP contribution in [-0.4, -0.2) is 20.8 Å². The van der Waals surface area contributed by atoms with Crippen molar-refractivity contribution in [3.05, 3.63) is 22.2 Å². The third-order valence-corrected chi connectivity index (χ3v) is 4.07. The Balaban J connectivity index is 2.56. The van der Waals surface area contributed by atoms with Crippen LogP contribution in [0, 0.1) is 0 Å². The lowest BCUT2D eigenvalue weighted by Gasteiger charge is -2.20.